The Labute approximate surface area is 417 Å². The van der Waals surface area contributed by atoms with E-state index in [4.69, 9.17) is 4.74 Å². The number of amides is 1. The molecule has 0 saturated carbocycles. The van der Waals surface area contributed by atoms with E-state index in [0.717, 1.165) is 64.2 Å². The van der Waals surface area contributed by atoms with Gasteiger partial charge in [-0.15, -0.1) is 0 Å². The molecule has 394 valence electrons. The fraction of sp³-hybridized carbons (Fsp3) is 0.869. The zero-order chi connectivity index (χ0) is 48.8. The molecule has 0 aliphatic rings. The topological polar surface area (TPSA) is 95.9 Å². The zero-order valence-corrected chi connectivity index (χ0v) is 45.0. The zero-order valence-electron chi connectivity index (χ0n) is 45.0. The average molecular weight is 943 g/mol. The number of carbonyl (C=O) groups is 2. The largest absolute Gasteiger partial charge is 0.462 e. The van der Waals surface area contributed by atoms with Gasteiger partial charge < -0.3 is 20.3 Å². The molecule has 6 nitrogen and oxygen atoms in total. The molecule has 0 aliphatic heterocycles. The lowest BCUT2D eigenvalue weighted by atomic mass is 10.0. The Kier molecular flexibility index (Phi) is 53.4. The van der Waals surface area contributed by atoms with E-state index < -0.39 is 18.2 Å². The number of aliphatic hydroxyl groups is 2. The van der Waals surface area contributed by atoms with Crippen LogP contribution in [0.5, 0.6) is 0 Å². The minimum atomic E-state index is -0.788. The second-order valence-electron chi connectivity index (χ2n) is 20.4. The normalized spacial score (nSPS) is 13.3. The molecular formula is C61H115NO5. The van der Waals surface area contributed by atoms with Crippen LogP contribution in [0.1, 0.15) is 316 Å². The summed E-state index contributed by atoms with van der Waals surface area (Å²) in [6.07, 6.45) is 66.4. The Morgan fingerprint density at radius 1 is 0.433 bits per heavy atom. The average Bonchev–Trinajstić information content (AvgIpc) is 3.32. The molecule has 0 bridgehead atoms. The second-order valence-corrected chi connectivity index (χ2v) is 20.4. The van der Waals surface area contributed by atoms with E-state index in [0.29, 0.717) is 19.3 Å². The molecule has 0 aliphatic carbocycles. The summed E-state index contributed by atoms with van der Waals surface area (Å²) >= 11 is 0. The van der Waals surface area contributed by atoms with Crippen molar-refractivity contribution in [2.24, 2.45) is 0 Å². The number of ether oxygens (including phenoxy) is 1. The van der Waals surface area contributed by atoms with E-state index in [1.54, 1.807) is 0 Å². The van der Waals surface area contributed by atoms with Gasteiger partial charge in [-0.2, -0.15) is 0 Å². The summed E-state index contributed by atoms with van der Waals surface area (Å²) in [7, 11) is 0. The van der Waals surface area contributed by atoms with Crippen molar-refractivity contribution in [2.75, 3.05) is 6.61 Å². The molecule has 67 heavy (non-hydrogen) atoms. The van der Waals surface area contributed by atoms with Crippen molar-refractivity contribution < 1.29 is 24.5 Å². The van der Waals surface area contributed by atoms with Gasteiger partial charge in [0.15, 0.2) is 0 Å². The maximum Gasteiger partial charge on any atom is 0.306 e. The van der Waals surface area contributed by atoms with Gasteiger partial charge in [0.25, 0.3) is 0 Å². The molecule has 3 unspecified atom stereocenters. The highest BCUT2D eigenvalue weighted by Crippen LogP contribution is 2.19. The smallest absolute Gasteiger partial charge is 0.306 e. The highest BCUT2D eigenvalue weighted by Gasteiger charge is 2.24. The first-order chi connectivity index (χ1) is 33.0. The predicted molar refractivity (Wildman–Crippen MR) is 292 cm³/mol. The molecule has 1 amide bonds. The summed E-state index contributed by atoms with van der Waals surface area (Å²) in [6, 6.07) is -0.701. The van der Waals surface area contributed by atoms with Crippen molar-refractivity contribution in [3.8, 4) is 0 Å². The van der Waals surface area contributed by atoms with Gasteiger partial charge in [-0.3, -0.25) is 9.59 Å². The summed E-state index contributed by atoms with van der Waals surface area (Å²) in [4.78, 5) is 26.3. The van der Waals surface area contributed by atoms with Gasteiger partial charge in [0.2, 0.25) is 5.91 Å². The van der Waals surface area contributed by atoms with E-state index in [-0.39, 0.29) is 24.9 Å². The Balaban J connectivity index is 4.55. The van der Waals surface area contributed by atoms with Gasteiger partial charge in [0.1, 0.15) is 6.10 Å². The first kappa shape index (κ1) is 65.1. The third-order valence-corrected chi connectivity index (χ3v) is 13.7. The highest BCUT2D eigenvalue weighted by molar-refractivity contribution is 5.77. The lowest BCUT2D eigenvalue weighted by Crippen LogP contribution is -2.46. The van der Waals surface area contributed by atoms with E-state index in [1.807, 2.05) is 0 Å². The first-order valence-corrected chi connectivity index (χ1v) is 29.7. The number of allylic oxidation sites excluding steroid dienone is 6. The summed E-state index contributed by atoms with van der Waals surface area (Å²) < 4.78 is 5.97. The minimum absolute atomic E-state index is 0.0771. The summed E-state index contributed by atoms with van der Waals surface area (Å²) in [5, 5.41) is 23.9. The van der Waals surface area contributed by atoms with Crippen LogP contribution in [0.2, 0.25) is 0 Å². The third kappa shape index (κ3) is 50.3. The fourth-order valence-corrected chi connectivity index (χ4v) is 9.20. The van der Waals surface area contributed by atoms with E-state index in [2.05, 4.69) is 62.5 Å². The van der Waals surface area contributed by atoms with Crippen LogP contribution < -0.4 is 5.32 Å². The molecule has 0 saturated heterocycles. The van der Waals surface area contributed by atoms with Gasteiger partial charge in [0.05, 0.1) is 25.2 Å². The van der Waals surface area contributed by atoms with Crippen molar-refractivity contribution in [1.82, 2.24) is 5.32 Å². The van der Waals surface area contributed by atoms with Gasteiger partial charge in [0, 0.05) is 6.42 Å². The molecule has 0 aromatic rings. The third-order valence-electron chi connectivity index (χ3n) is 13.7. The van der Waals surface area contributed by atoms with Crippen LogP contribution in [0.15, 0.2) is 36.5 Å². The van der Waals surface area contributed by atoms with E-state index in [1.165, 1.54) is 205 Å². The fourth-order valence-electron chi connectivity index (χ4n) is 9.20. The summed E-state index contributed by atoms with van der Waals surface area (Å²) in [6.45, 7) is 6.49. The molecule has 0 spiro atoms. The Bertz CT molecular complexity index is 1100. The molecule has 0 aromatic carbocycles. The number of hydrogen-bond acceptors (Lipinski definition) is 5. The minimum Gasteiger partial charge on any atom is -0.462 e. The molecule has 6 heteroatoms. The van der Waals surface area contributed by atoms with Crippen molar-refractivity contribution in [3.05, 3.63) is 36.5 Å². The number of rotatable bonds is 54. The van der Waals surface area contributed by atoms with Crippen molar-refractivity contribution in [2.45, 2.75) is 334 Å². The maximum atomic E-state index is 13.3. The SMILES string of the molecule is CCCCC/C=C\C/C=C\C/C=C\CCCCCCCCC(=O)OC(CCCCCCCCCCCCCCCCCCC)CC(=O)NC(CO)C(O)CCCCCCCCCCCCCC. The summed E-state index contributed by atoms with van der Waals surface area (Å²) in [5.74, 6) is -0.470. The Hall–Kier alpha value is -1.92. The first-order valence-electron chi connectivity index (χ1n) is 29.7. The lowest BCUT2D eigenvalue weighted by molar-refractivity contribution is -0.151. The quantitative estimate of drug-likeness (QED) is 0.0321. The van der Waals surface area contributed by atoms with Gasteiger partial charge >= 0.3 is 5.97 Å². The molecule has 0 heterocycles. The molecular weight excluding hydrogens is 827 g/mol. The molecule has 0 radical (unpaired) electrons. The molecule has 0 fully saturated rings. The van der Waals surface area contributed by atoms with E-state index in [9.17, 15) is 19.8 Å². The summed E-state index contributed by atoms with van der Waals surface area (Å²) in [5.41, 5.74) is 0. The van der Waals surface area contributed by atoms with Crippen LogP contribution in [0, 0.1) is 0 Å². The lowest BCUT2D eigenvalue weighted by Gasteiger charge is -2.24. The monoisotopic (exact) mass is 942 g/mol. The molecule has 3 atom stereocenters. The van der Waals surface area contributed by atoms with Crippen LogP contribution in [0.4, 0.5) is 0 Å². The van der Waals surface area contributed by atoms with Gasteiger partial charge in [-0.05, 0) is 64.2 Å². The van der Waals surface area contributed by atoms with Crippen molar-refractivity contribution in [1.29, 1.82) is 0 Å². The number of unbranched alkanes of at least 4 members (excludes halogenated alkanes) is 36. The van der Waals surface area contributed by atoms with Gasteiger partial charge in [-0.25, -0.2) is 0 Å². The van der Waals surface area contributed by atoms with Crippen LogP contribution in [-0.4, -0.2) is 46.9 Å². The number of nitrogens with one attached hydrogen (secondary N) is 1. The predicted octanol–water partition coefficient (Wildman–Crippen LogP) is 18.4. The molecule has 3 N–H and O–H groups in total. The maximum absolute atomic E-state index is 13.3. The standard InChI is InChI=1S/C61H115NO5/c1-4-7-10-13-16-19-22-25-27-29-30-32-34-36-39-42-45-48-51-54-61(66)67-57(52-49-46-43-40-37-35-33-31-28-26-23-20-17-14-11-8-5-2)55-60(65)62-58(56-63)59(64)53-50-47-44-41-38-24-21-18-15-12-9-6-3/h16,19,25,27,30,32,57-59,63-64H,4-15,17-18,20-24,26,28-29,31,33-56H2,1-3H3,(H,62,65)/b19-16-,27-25-,32-30-. The number of esters is 1. The van der Waals surface area contributed by atoms with E-state index >= 15 is 0 Å². The number of aliphatic hydroxyl groups excluding tert-OH is 2. The van der Waals surface area contributed by atoms with Gasteiger partial charge in [-0.1, -0.05) is 276 Å². The molecule has 0 rings (SSSR count). The highest BCUT2D eigenvalue weighted by atomic mass is 16.5. The van der Waals surface area contributed by atoms with Crippen molar-refractivity contribution >= 4 is 11.9 Å². The number of hydrogen-bond donors (Lipinski definition) is 3. The van der Waals surface area contributed by atoms with Crippen molar-refractivity contribution in [3.63, 3.8) is 0 Å². The Morgan fingerprint density at radius 2 is 0.761 bits per heavy atom. The van der Waals surface area contributed by atoms with Crippen LogP contribution in [-0.2, 0) is 14.3 Å². The Morgan fingerprint density at radius 3 is 1.18 bits per heavy atom. The second kappa shape index (κ2) is 55.0. The number of carbonyl (C=O) groups excluding carboxylic acids is 2. The van der Waals surface area contributed by atoms with Crippen LogP contribution >= 0.6 is 0 Å². The van der Waals surface area contributed by atoms with Crippen LogP contribution in [0.25, 0.3) is 0 Å². The molecule has 0 aromatic heterocycles. The van der Waals surface area contributed by atoms with Crippen LogP contribution in [0.3, 0.4) is 0 Å².